The first-order valence-corrected chi connectivity index (χ1v) is 9.97. The standard InChI is InChI=1S/C21H25N3O6/c1-14(25)22-12-15-4-6-16(7-5-15)17(26)13-30-18(27)8-11-24-19(28)21(23-20(24)29)9-2-3-10-21/h4-7H,2-3,8-13H2,1H3,(H,22,25)(H,23,29). The number of ether oxygens (including phenoxy) is 1. The van der Waals surface area contributed by atoms with E-state index < -0.39 is 24.1 Å². The van der Waals surface area contributed by atoms with Crippen LogP contribution in [0.2, 0.25) is 0 Å². The number of rotatable bonds is 8. The van der Waals surface area contributed by atoms with Gasteiger partial charge in [-0.3, -0.25) is 24.1 Å². The zero-order chi connectivity index (χ0) is 21.7. The van der Waals surface area contributed by atoms with Crippen LogP contribution in [0.25, 0.3) is 0 Å². The van der Waals surface area contributed by atoms with Crippen LogP contribution >= 0.6 is 0 Å². The van der Waals surface area contributed by atoms with E-state index in [2.05, 4.69) is 10.6 Å². The molecule has 1 heterocycles. The van der Waals surface area contributed by atoms with Crippen LogP contribution in [0.15, 0.2) is 24.3 Å². The molecule has 0 radical (unpaired) electrons. The van der Waals surface area contributed by atoms with E-state index in [4.69, 9.17) is 4.74 Å². The van der Waals surface area contributed by atoms with Gasteiger partial charge in [0, 0.05) is 25.6 Å². The Morgan fingerprint density at radius 2 is 1.80 bits per heavy atom. The van der Waals surface area contributed by atoms with E-state index in [-0.39, 0.29) is 30.6 Å². The average Bonchev–Trinajstić information content (AvgIpc) is 3.28. The van der Waals surface area contributed by atoms with Crippen LogP contribution in [-0.4, -0.2) is 53.2 Å². The molecule has 0 aromatic heterocycles. The average molecular weight is 415 g/mol. The van der Waals surface area contributed by atoms with Crippen molar-refractivity contribution in [3.63, 3.8) is 0 Å². The molecule has 0 unspecified atom stereocenters. The second kappa shape index (κ2) is 9.06. The quantitative estimate of drug-likeness (QED) is 0.375. The molecule has 3 rings (SSSR count). The largest absolute Gasteiger partial charge is 0.457 e. The number of ketones is 1. The van der Waals surface area contributed by atoms with Crippen LogP contribution in [0.1, 0.15) is 54.9 Å². The molecule has 160 valence electrons. The number of benzene rings is 1. The molecule has 2 fully saturated rings. The number of urea groups is 1. The van der Waals surface area contributed by atoms with E-state index in [1.54, 1.807) is 24.3 Å². The third-order valence-corrected chi connectivity index (χ3v) is 5.42. The van der Waals surface area contributed by atoms with Gasteiger partial charge in [0.05, 0.1) is 6.42 Å². The summed E-state index contributed by atoms with van der Waals surface area (Å²) in [6.45, 7) is 1.29. The fraction of sp³-hybridized carbons (Fsp3) is 0.476. The first-order valence-electron chi connectivity index (χ1n) is 9.97. The van der Waals surface area contributed by atoms with Gasteiger partial charge < -0.3 is 15.4 Å². The minimum absolute atomic E-state index is 0.0721. The Morgan fingerprint density at radius 3 is 2.43 bits per heavy atom. The maximum Gasteiger partial charge on any atom is 0.325 e. The number of hydrogen-bond donors (Lipinski definition) is 2. The second-order valence-corrected chi connectivity index (χ2v) is 7.62. The first kappa shape index (κ1) is 21.5. The molecule has 1 aliphatic heterocycles. The van der Waals surface area contributed by atoms with Crippen LogP contribution in [0, 0.1) is 0 Å². The summed E-state index contributed by atoms with van der Waals surface area (Å²) in [5, 5.41) is 5.41. The van der Waals surface area contributed by atoms with Crippen molar-refractivity contribution in [3.8, 4) is 0 Å². The van der Waals surface area contributed by atoms with E-state index in [0.717, 1.165) is 23.3 Å². The third-order valence-electron chi connectivity index (χ3n) is 5.42. The van der Waals surface area contributed by atoms with Gasteiger partial charge in [-0.2, -0.15) is 0 Å². The molecule has 1 saturated carbocycles. The van der Waals surface area contributed by atoms with Gasteiger partial charge in [0.25, 0.3) is 5.91 Å². The topological polar surface area (TPSA) is 122 Å². The SMILES string of the molecule is CC(=O)NCc1ccc(C(=O)COC(=O)CCN2C(=O)NC3(CCCC3)C2=O)cc1. The van der Waals surface area contributed by atoms with Gasteiger partial charge in [-0.1, -0.05) is 37.1 Å². The molecule has 1 aromatic carbocycles. The number of amides is 4. The second-order valence-electron chi connectivity index (χ2n) is 7.62. The molecule has 1 spiro atoms. The number of esters is 1. The number of nitrogens with zero attached hydrogens (tertiary/aromatic N) is 1. The van der Waals surface area contributed by atoms with Crippen molar-refractivity contribution in [3.05, 3.63) is 35.4 Å². The van der Waals surface area contributed by atoms with Gasteiger partial charge in [0.2, 0.25) is 5.91 Å². The van der Waals surface area contributed by atoms with Crippen LogP contribution in [-0.2, 0) is 25.7 Å². The number of hydrogen-bond acceptors (Lipinski definition) is 6. The van der Waals surface area contributed by atoms with Crippen LogP contribution in [0.5, 0.6) is 0 Å². The molecule has 2 aliphatic rings. The maximum absolute atomic E-state index is 12.5. The smallest absolute Gasteiger partial charge is 0.325 e. The van der Waals surface area contributed by atoms with Crippen molar-refractivity contribution >= 4 is 29.6 Å². The molecule has 0 bridgehead atoms. The zero-order valence-corrected chi connectivity index (χ0v) is 16.9. The fourth-order valence-corrected chi connectivity index (χ4v) is 3.74. The van der Waals surface area contributed by atoms with E-state index in [0.29, 0.717) is 24.9 Å². The molecule has 1 aromatic rings. The van der Waals surface area contributed by atoms with E-state index in [1.807, 2.05) is 0 Å². The Morgan fingerprint density at radius 1 is 1.13 bits per heavy atom. The van der Waals surface area contributed by atoms with Gasteiger partial charge in [0.1, 0.15) is 5.54 Å². The summed E-state index contributed by atoms with van der Waals surface area (Å²) in [7, 11) is 0. The lowest BCUT2D eigenvalue weighted by molar-refractivity contribution is -0.143. The van der Waals surface area contributed by atoms with E-state index in [1.165, 1.54) is 6.92 Å². The normalized spacial score (nSPS) is 17.2. The number of carbonyl (C=O) groups excluding carboxylic acids is 5. The Labute approximate surface area is 174 Å². The molecule has 2 N–H and O–H groups in total. The summed E-state index contributed by atoms with van der Waals surface area (Å²) < 4.78 is 5.00. The molecular weight excluding hydrogens is 390 g/mol. The highest BCUT2D eigenvalue weighted by Gasteiger charge is 2.52. The van der Waals surface area contributed by atoms with Crippen molar-refractivity contribution in [2.24, 2.45) is 0 Å². The first-order chi connectivity index (χ1) is 14.3. The van der Waals surface area contributed by atoms with Crippen molar-refractivity contribution in [1.29, 1.82) is 0 Å². The van der Waals surface area contributed by atoms with Crippen molar-refractivity contribution in [1.82, 2.24) is 15.5 Å². The minimum atomic E-state index is -0.803. The Balaban J connectivity index is 1.43. The van der Waals surface area contributed by atoms with Gasteiger partial charge >= 0.3 is 12.0 Å². The summed E-state index contributed by atoms with van der Waals surface area (Å²) in [5.74, 6) is -1.45. The minimum Gasteiger partial charge on any atom is -0.457 e. The highest BCUT2D eigenvalue weighted by atomic mass is 16.5. The summed E-state index contributed by atoms with van der Waals surface area (Å²) >= 11 is 0. The lowest BCUT2D eigenvalue weighted by Crippen LogP contribution is -2.44. The van der Waals surface area contributed by atoms with Crippen LogP contribution in [0.4, 0.5) is 4.79 Å². The predicted molar refractivity (Wildman–Crippen MR) is 105 cm³/mol. The Hall–Kier alpha value is -3.23. The number of Topliss-reactive ketones (excluding diaryl/α,β-unsaturated/α-hetero) is 1. The van der Waals surface area contributed by atoms with Gasteiger partial charge in [-0.15, -0.1) is 0 Å². The molecule has 4 amide bonds. The number of carbonyl (C=O) groups is 5. The molecule has 0 atom stereocenters. The highest BCUT2D eigenvalue weighted by Crippen LogP contribution is 2.35. The Bertz CT molecular complexity index is 858. The summed E-state index contributed by atoms with van der Waals surface area (Å²) in [5.41, 5.74) is 0.419. The van der Waals surface area contributed by atoms with Crippen LogP contribution in [0.3, 0.4) is 0 Å². The lowest BCUT2D eigenvalue weighted by atomic mass is 9.98. The predicted octanol–water partition coefficient (Wildman–Crippen LogP) is 1.30. The summed E-state index contributed by atoms with van der Waals surface area (Å²) in [4.78, 5) is 60.8. The molecule has 30 heavy (non-hydrogen) atoms. The third kappa shape index (κ3) is 4.84. The van der Waals surface area contributed by atoms with Crippen LogP contribution < -0.4 is 10.6 Å². The molecule has 9 nitrogen and oxygen atoms in total. The monoisotopic (exact) mass is 415 g/mol. The maximum atomic E-state index is 12.5. The lowest BCUT2D eigenvalue weighted by Gasteiger charge is -2.19. The molecule has 1 aliphatic carbocycles. The van der Waals surface area contributed by atoms with Crippen molar-refractivity contribution < 1.29 is 28.7 Å². The zero-order valence-electron chi connectivity index (χ0n) is 16.9. The summed E-state index contributed by atoms with van der Waals surface area (Å²) in [6, 6.07) is 6.14. The fourth-order valence-electron chi connectivity index (χ4n) is 3.74. The van der Waals surface area contributed by atoms with E-state index in [9.17, 15) is 24.0 Å². The summed E-state index contributed by atoms with van der Waals surface area (Å²) in [6.07, 6.45) is 2.85. The van der Waals surface area contributed by atoms with Gasteiger partial charge in [0.15, 0.2) is 12.4 Å². The van der Waals surface area contributed by atoms with E-state index >= 15 is 0 Å². The van der Waals surface area contributed by atoms with Crippen molar-refractivity contribution in [2.45, 2.75) is 51.1 Å². The van der Waals surface area contributed by atoms with Crippen molar-refractivity contribution in [2.75, 3.05) is 13.2 Å². The molecular formula is C21H25N3O6. The molecule has 1 saturated heterocycles. The van der Waals surface area contributed by atoms with Gasteiger partial charge in [-0.05, 0) is 18.4 Å². The molecule has 9 heteroatoms. The van der Waals surface area contributed by atoms with Gasteiger partial charge in [-0.25, -0.2) is 4.79 Å². The number of imide groups is 1. The number of nitrogens with one attached hydrogen (secondary N) is 2. The Kier molecular flexibility index (Phi) is 6.49. The highest BCUT2D eigenvalue weighted by molar-refractivity contribution is 6.07.